The van der Waals surface area contributed by atoms with Gasteiger partial charge in [-0.25, -0.2) is 0 Å². The summed E-state index contributed by atoms with van der Waals surface area (Å²) in [4.78, 5) is 14.4. The van der Waals surface area contributed by atoms with Gasteiger partial charge in [-0.1, -0.05) is 18.2 Å². The third-order valence-corrected chi connectivity index (χ3v) is 4.23. The van der Waals surface area contributed by atoms with Crippen LogP contribution in [0.3, 0.4) is 0 Å². The van der Waals surface area contributed by atoms with E-state index in [1.165, 1.54) is 0 Å². The summed E-state index contributed by atoms with van der Waals surface area (Å²) in [7, 11) is 0. The number of rotatable bonds is 2. The number of carbonyl (C=O) groups excluding carboxylic acids is 1. The lowest BCUT2D eigenvalue weighted by molar-refractivity contribution is -0.138. The van der Waals surface area contributed by atoms with Crippen molar-refractivity contribution in [2.24, 2.45) is 11.7 Å². The van der Waals surface area contributed by atoms with Crippen LogP contribution >= 0.6 is 0 Å². The van der Waals surface area contributed by atoms with Gasteiger partial charge in [-0.15, -0.1) is 0 Å². The fourth-order valence-corrected chi connectivity index (χ4v) is 3.04. The van der Waals surface area contributed by atoms with E-state index in [4.69, 9.17) is 15.2 Å². The first-order valence-corrected chi connectivity index (χ1v) is 7.60. The van der Waals surface area contributed by atoms with Crippen molar-refractivity contribution in [2.45, 2.75) is 5.92 Å². The summed E-state index contributed by atoms with van der Waals surface area (Å²) >= 11 is 0. The molecule has 7 nitrogen and oxygen atoms in total. The highest BCUT2D eigenvalue weighted by atomic mass is 16.5. The zero-order chi connectivity index (χ0) is 17.1. The molecule has 122 valence electrons. The van der Waals surface area contributed by atoms with E-state index in [-0.39, 0.29) is 17.4 Å². The minimum atomic E-state index is -1.04. The maximum absolute atomic E-state index is 12.8. The second kappa shape index (κ2) is 6.61. The van der Waals surface area contributed by atoms with Gasteiger partial charge in [0.25, 0.3) is 0 Å². The number of nitrogens with zero attached hydrogens (tertiary/aromatic N) is 3. The van der Waals surface area contributed by atoms with Crippen LogP contribution in [0.1, 0.15) is 11.5 Å². The highest BCUT2D eigenvalue weighted by Gasteiger charge is 2.40. The first-order valence-electron chi connectivity index (χ1n) is 7.60. The Bertz CT molecular complexity index is 769. The van der Waals surface area contributed by atoms with E-state index in [0.29, 0.717) is 37.6 Å². The number of nitrogens with two attached hydrogens (primary N) is 1. The van der Waals surface area contributed by atoms with Crippen molar-refractivity contribution in [3.05, 3.63) is 41.3 Å². The summed E-state index contributed by atoms with van der Waals surface area (Å²) in [5.41, 5.74) is 6.58. The molecular formula is C17H16N4O3. The van der Waals surface area contributed by atoms with Crippen LogP contribution in [-0.4, -0.2) is 37.1 Å². The van der Waals surface area contributed by atoms with Crippen LogP contribution in [0.15, 0.2) is 35.7 Å². The van der Waals surface area contributed by atoms with Gasteiger partial charge in [0.2, 0.25) is 11.8 Å². The largest absolute Gasteiger partial charge is 0.440 e. The smallest absolute Gasteiger partial charge is 0.241 e. The number of hydrogen-bond donors (Lipinski definition) is 1. The Balaban J connectivity index is 2.02. The molecule has 2 atom stereocenters. The molecule has 0 aromatic heterocycles. The van der Waals surface area contributed by atoms with Gasteiger partial charge in [-0.3, -0.25) is 4.79 Å². The molecule has 3 rings (SSSR count). The molecule has 1 fully saturated rings. The van der Waals surface area contributed by atoms with E-state index in [2.05, 4.69) is 6.07 Å². The molecule has 7 heteroatoms. The Labute approximate surface area is 139 Å². The molecule has 0 radical (unpaired) electrons. The van der Waals surface area contributed by atoms with Gasteiger partial charge in [0.1, 0.15) is 17.7 Å². The second-order valence-corrected chi connectivity index (χ2v) is 5.55. The zero-order valence-electron chi connectivity index (χ0n) is 12.9. The number of benzene rings is 1. The van der Waals surface area contributed by atoms with Gasteiger partial charge in [0.15, 0.2) is 0 Å². The first kappa shape index (κ1) is 15.9. The number of fused-ring (bicyclic) bond motifs is 1. The third-order valence-electron chi connectivity index (χ3n) is 4.23. The number of morpholine rings is 1. The molecule has 2 aliphatic heterocycles. The normalized spacial score (nSPS) is 21.1. The van der Waals surface area contributed by atoms with Gasteiger partial charge >= 0.3 is 0 Å². The third kappa shape index (κ3) is 2.66. The van der Waals surface area contributed by atoms with Crippen LogP contribution in [0.25, 0.3) is 0 Å². The predicted molar refractivity (Wildman–Crippen MR) is 83.1 cm³/mol. The number of hydrogen-bond acceptors (Lipinski definition) is 6. The Morgan fingerprint density at radius 1 is 1.29 bits per heavy atom. The fraction of sp³-hybridized carbons (Fsp3) is 0.353. The van der Waals surface area contributed by atoms with E-state index in [0.717, 1.165) is 0 Å². The number of amides is 1. The predicted octanol–water partition coefficient (Wildman–Crippen LogP) is 0.855. The summed E-state index contributed by atoms with van der Waals surface area (Å²) < 4.78 is 10.7. The molecule has 0 bridgehead atoms. The summed E-state index contributed by atoms with van der Waals surface area (Å²) in [6.45, 7) is 1.75. The van der Waals surface area contributed by atoms with Crippen LogP contribution in [0.2, 0.25) is 0 Å². The van der Waals surface area contributed by atoms with Crippen molar-refractivity contribution in [1.82, 2.24) is 4.90 Å². The van der Waals surface area contributed by atoms with E-state index < -0.39 is 11.8 Å². The number of para-hydroxylation sites is 1. The van der Waals surface area contributed by atoms with Gasteiger partial charge in [0, 0.05) is 18.7 Å². The molecule has 24 heavy (non-hydrogen) atoms. The van der Waals surface area contributed by atoms with Crippen LogP contribution < -0.4 is 10.5 Å². The van der Waals surface area contributed by atoms with Gasteiger partial charge in [-0.2, -0.15) is 10.5 Å². The first-order chi connectivity index (χ1) is 11.7. The zero-order valence-corrected chi connectivity index (χ0v) is 12.9. The van der Waals surface area contributed by atoms with E-state index in [1.807, 2.05) is 6.07 Å². The monoisotopic (exact) mass is 324 g/mol. The molecule has 2 heterocycles. The fourth-order valence-electron chi connectivity index (χ4n) is 3.04. The van der Waals surface area contributed by atoms with E-state index in [9.17, 15) is 15.3 Å². The highest BCUT2D eigenvalue weighted by molar-refractivity contribution is 5.84. The highest BCUT2D eigenvalue weighted by Crippen LogP contribution is 2.42. The second-order valence-electron chi connectivity index (χ2n) is 5.55. The average molecular weight is 324 g/mol. The standard InChI is InChI=1S/C17H16N4O3/c18-9-12-15(11-3-1-2-4-14(11)24-16(12)20)13(10-19)17(22)21-5-7-23-8-6-21/h1-4,13,15H,5-8,20H2. The van der Waals surface area contributed by atoms with Crippen LogP contribution in [-0.2, 0) is 9.53 Å². The summed E-state index contributed by atoms with van der Waals surface area (Å²) in [6.07, 6.45) is 0. The van der Waals surface area contributed by atoms with Gasteiger partial charge in [-0.05, 0) is 6.07 Å². The topological polar surface area (TPSA) is 112 Å². The maximum atomic E-state index is 12.8. The molecule has 0 aliphatic carbocycles. The molecule has 1 saturated heterocycles. The molecule has 2 N–H and O–H groups in total. The number of ether oxygens (including phenoxy) is 2. The van der Waals surface area contributed by atoms with Crippen molar-refractivity contribution < 1.29 is 14.3 Å². The van der Waals surface area contributed by atoms with Crippen LogP contribution in [0.5, 0.6) is 5.75 Å². The van der Waals surface area contributed by atoms with E-state index in [1.54, 1.807) is 29.2 Å². The van der Waals surface area contributed by atoms with Crippen LogP contribution in [0, 0.1) is 28.6 Å². The molecule has 1 aromatic carbocycles. The Morgan fingerprint density at radius 2 is 2.00 bits per heavy atom. The SMILES string of the molecule is N#CC1=C(N)Oc2ccccc2C1C(C#N)C(=O)N1CCOCC1. The Kier molecular flexibility index (Phi) is 4.37. The number of nitriles is 2. The van der Waals surface area contributed by atoms with Crippen molar-refractivity contribution in [3.8, 4) is 17.9 Å². The lowest BCUT2D eigenvalue weighted by Crippen LogP contribution is -2.45. The summed E-state index contributed by atoms with van der Waals surface area (Å²) in [5.74, 6) is -1.69. The lowest BCUT2D eigenvalue weighted by atomic mass is 9.79. The minimum absolute atomic E-state index is 0.0590. The van der Waals surface area contributed by atoms with Gasteiger partial charge in [0.05, 0.1) is 30.8 Å². The average Bonchev–Trinajstić information content (AvgIpc) is 2.62. The number of carbonyl (C=O) groups is 1. The van der Waals surface area contributed by atoms with Crippen molar-refractivity contribution in [3.63, 3.8) is 0 Å². The summed E-state index contributed by atoms with van der Waals surface area (Å²) in [5, 5.41) is 19.1. The number of allylic oxidation sites excluding steroid dienone is 1. The quantitative estimate of drug-likeness (QED) is 0.863. The van der Waals surface area contributed by atoms with E-state index >= 15 is 0 Å². The molecule has 2 aliphatic rings. The molecule has 0 spiro atoms. The van der Waals surface area contributed by atoms with Crippen molar-refractivity contribution >= 4 is 5.91 Å². The van der Waals surface area contributed by atoms with Gasteiger partial charge < -0.3 is 20.1 Å². The van der Waals surface area contributed by atoms with Crippen LogP contribution in [0.4, 0.5) is 0 Å². The minimum Gasteiger partial charge on any atom is -0.440 e. The summed E-state index contributed by atoms with van der Waals surface area (Å²) in [6, 6.07) is 11.1. The maximum Gasteiger partial charge on any atom is 0.241 e. The Hall–Kier alpha value is -3.03. The molecule has 1 aromatic rings. The Morgan fingerprint density at radius 3 is 2.67 bits per heavy atom. The molecular weight excluding hydrogens is 308 g/mol. The molecule has 0 saturated carbocycles. The van der Waals surface area contributed by atoms with Crippen molar-refractivity contribution in [1.29, 1.82) is 10.5 Å². The lowest BCUT2D eigenvalue weighted by Gasteiger charge is -2.33. The molecule has 2 unspecified atom stereocenters. The van der Waals surface area contributed by atoms with Crippen molar-refractivity contribution in [2.75, 3.05) is 26.3 Å². The molecule has 1 amide bonds.